The van der Waals surface area contributed by atoms with Gasteiger partial charge in [-0.2, -0.15) is 0 Å². The van der Waals surface area contributed by atoms with E-state index in [1.165, 1.54) is 5.56 Å². The monoisotopic (exact) mass is 514 g/mol. The fourth-order valence-electron chi connectivity index (χ4n) is 4.51. The summed E-state index contributed by atoms with van der Waals surface area (Å²) in [6, 6.07) is 12.5. The van der Waals surface area contributed by atoms with Crippen molar-refractivity contribution in [1.82, 2.24) is 19.4 Å². The van der Waals surface area contributed by atoms with Gasteiger partial charge in [-0.15, -0.1) is 0 Å². The number of nitrogens with two attached hydrogens (primary N) is 2. The van der Waals surface area contributed by atoms with E-state index >= 15 is 0 Å². The van der Waals surface area contributed by atoms with Crippen LogP contribution in [-0.4, -0.2) is 51.7 Å². The molecule has 33 heavy (non-hydrogen) atoms. The molecule has 8 heteroatoms. The van der Waals surface area contributed by atoms with E-state index in [2.05, 4.69) is 57.9 Å². The number of anilines is 1. The number of piperidine rings is 1. The Morgan fingerprint density at radius 1 is 1.12 bits per heavy atom. The SMILES string of the molecule is CC(C)C(N)CN1CCC(c2cccc3c2nc(N)n3COCCc2cccc(Br)n2)CC1. The molecule has 1 atom stereocenters. The second-order valence-electron chi connectivity index (χ2n) is 9.33. The van der Waals surface area contributed by atoms with Crippen LogP contribution >= 0.6 is 15.9 Å². The van der Waals surface area contributed by atoms with Crippen LogP contribution in [0.4, 0.5) is 5.95 Å². The Hall–Kier alpha value is -2.00. The van der Waals surface area contributed by atoms with Crippen LogP contribution in [0, 0.1) is 5.92 Å². The summed E-state index contributed by atoms with van der Waals surface area (Å²) in [5.41, 5.74) is 16.9. The minimum atomic E-state index is 0.236. The van der Waals surface area contributed by atoms with Gasteiger partial charge >= 0.3 is 0 Å². The van der Waals surface area contributed by atoms with E-state index in [0.717, 1.165) is 60.2 Å². The van der Waals surface area contributed by atoms with Gasteiger partial charge in [-0.25, -0.2) is 9.97 Å². The largest absolute Gasteiger partial charge is 0.369 e. The maximum atomic E-state index is 6.30. The lowest BCUT2D eigenvalue weighted by Gasteiger charge is -2.34. The summed E-state index contributed by atoms with van der Waals surface area (Å²) in [4.78, 5) is 11.7. The predicted octanol–water partition coefficient (Wildman–Crippen LogP) is 4.16. The van der Waals surface area contributed by atoms with E-state index in [1.54, 1.807) is 0 Å². The molecule has 0 saturated carbocycles. The van der Waals surface area contributed by atoms with Crippen molar-refractivity contribution in [2.45, 2.75) is 51.8 Å². The van der Waals surface area contributed by atoms with E-state index in [1.807, 2.05) is 22.8 Å². The topological polar surface area (TPSA) is 95.2 Å². The number of hydrogen-bond donors (Lipinski definition) is 2. The van der Waals surface area contributed by atoms with Crippen LogP contribution in [0.2, 0.25) is 0 Å². The molecule has 3 aromatic rings. The minimum Gasteiger partial charge on any atom is -0.369 e. The Bertz CT molecular complexity index is 1060. The Morgan fingerprint density at radius 2 is 1.88 bits per heavy atom. The smallest absolute Gasteiger partial charge is 0.203 e. The lowest BCUT2D eigenvalue weighted by molar-refractivity contribution is 0.0829. The van der Waals surface area contributed by atoms with E-state index in [0.29, 0.717) is 31.1 Å². The van der Waals surface area contributed by atoms with Gasteiger partial charge in [0.05, 0.1) is 17.6 Å². The summed E-state index contributed by atoms with van der Waals surface area (Å²) in [5.74, 6) is 1.50. The Kier molecular flexibility index (Phi) is 8.01. The second-order valence-corrected chi connectivity index (χ2v) is 10.1. The third kappa shape index (κ3) is 5.93. The molecule has 1 aliphatic rings. The number of halogens is 1. The average Bonchev–Trinajstić information content (AvgIpc) is 3.12. The molecule has 1 aliphatic heterocycles. The molecule has 0 bridgehead atoms. The van der Waals surface area contributed by atoms with Crippen LogP contribution in [0.3, 0.4) is 0 Å². The number of imidazole rings is 1. The molecule has 178 valence electrons. The maximum absolute atomic E-state index is 6.30. The first-order valence-electron chi connectivity index (χ1n) is 11.8. The highest BCUT2D eigenvalue weighted by Crippen LogP contribution is 2.33. The average molecular weight is 516 g/mol. The first-order valence-corrected chi connectivity index (χ1v) is 12.6. The molecule has 1 fully saturated rings. The van der Waals surface area contributed by atoms with Crippen molar-refractivity contribution in [2.24, 2.45) is 11.7 Å². The molecule has 7 nitrogen and oxygen atoms in total. The number of likely N-dealkylation sites (tertiary alicyclic amines) is 1. The minimum absolute atomic E-state index is 0.236. The van der Waals surface area contributed by atoms with Gasteiger partial charge in [-0.3, -0.25) is 4.57 Å². The van der Waals surface area contributed by atoms with Crippen LogP contribution in [0.25, 0.3) is 11.0 Å². The molecule has 4 N–H and O–H groups in total. The molecule has 0 aliphatic carbocycles. The standard InChI is InChI=1S/C25H35BrN6O/c1-17(2)21(27)15-31-12-9-18(10-13-31)20-6-4-7-22-24(20)30-25(28)32(22)16-33-14-11-19-5-3-8-23(26)29-19/h3-8,17-18,21H,9-16,27H2,1-2H3,(H2,28,30). The number of para-hydroxylation sites is 1. The quantitative estimate of drug-likeness (QED) is 0.328. The second kappa shape index (κ2) is 11.0. The molecule has 1 saturated heterocycles. The van der Waals surface area contributed by atoms with Gasteiger partial charge in [0.25, 0.3) is 0 Å². The number of pyridine rings is 1. The molecule has 1 aromatic carbocycles. The molecule has 3 heterocycles. The zero-order chi connectivity index (χ0) is 23.4. The first kappa shape index (κ1) is 24.1. The van der Waals surface area contributed by atoms with Gasteiger partial charge < -0.3 is 21.1 Å². The number of nitrogens with zero attached hydrogens (tertiary/aromatic N) is 4. The summed E-state index contributed by atoms with van der Waals surface area (Å²) >= 11 is 3.41. The summed E-state index contributed by atoms with van der Waals surface area (Å²) < 4.78 is 8.74. The Morgan fingerprint density at radius 3 is 2.61 bits per heavy atom. The van der Waals surface area contributed by atoms with Crippen molar-refractivity contribution in [3.8, 4) is 0 Å². The predicted molar refractivity (Wildman–Crippen MR) is 137 cm³/mol. The zero-order valence-electron chi connectivity index (χ0n) is 19.6. The molecule has 0 amide bonds. The number of nitrogen functional groups attached to an aromatic ring is 1. The summed E-state index contributed by atoms with van der Waals surface area (Å²) in [6.45, 7) is 8.46. The third-order valence-corrected chi connectivity index (χ3v) is 7.13. The van der Waals surface area contributed by atoms with Gasteiger partial charge in [0.2, 0.25) is 5.95 Å². The lowest BCUT2D eigenvalue weighted by atomic mass is 9.88. The summed E-state index contributed by atoms with van der Waals surface area (Å²) in [7, 11) is 0. The highest BCUT2D eigenvalue weighted by atomic mass is 79.9. The fraction of sp³-hybridized carbons (Fsp3) is 0.520. The number of rotatable bonds is 9. The zero-order valence-corrected chi connectivity index (χ0v) is 21.2. The van der Waals surface area contributed by atoms with Crippen molar-refractivity contribution in [2.75, 3.05) is 32.0 Å². The Labute approximate surface area is 204 Å². The number of ether oxygens (including phenoxy) is 1. The van der Waals surface area contributed by atoms with E-state index in [4.69, 9.17) is 21.2 Å². The molecule has 2 aromatic heterocycles. The number of benzene rings is 1. The fourth-order valence-corrected chi connectivity index (χ4v) is 4.89. The van der Waals surface area contributed by atoms with Gasteiger partial charge in [0, 0.05) is 24.7 Å². The van der Waals surface area contributed by atoms with Crippen molar-refractivity contribution in [1.29, 1.82) is 0 Å². The van der Waals surface area contributed by atoms with Gasteiger partial charge in [0.15, 0.2) is 0 Å². The van der Waals surface area contributed by atoms with Crippen molar-refractivity contribution < 1.29 is 4.74 Å². The van der Waals surface area contributed by atoms with Crippen LogP contribution in [0.15, 0.2) is 41.0 Å². The first-order chi connectivity index (χ1) is 15.9. The Balaban J connectivity index is 1.38. The highest BCUT2D eigenvalue weighted by molar-refractivity contribution is 9.10. The highest BCUT2D eigenvalue weighted by Gasteiger charge is 2.25. The third-order valence-electron chi connectivity index (χ3n) is 6.69. The maximum Gasteiger partial charge on any atom is 0.203 e. The summed E-state index contributed by atoms with van der Waals surface area (Å²) in [6.07, 6.45) is 2.98. The molecule has 0 radical (unpaired) electrons. The summed E-state index contributed by atoms with van der Waals surface area (Å²) in [5, 5.41) is 0. The molecule has 4 rings (SSSR count). The van der Waals surface area contributed by atoms with Crippen LogP contribution in [0.1, 0.15) is 43.9 Å². The molecular formula is C25H35BrN6O. The van der Waals surface area contributed by atoms with E-state index < -0.39 is 0 Å². The number of aromatic nitrogens is 3. The number of fused-ring (bicyclic) bond motifs is 1. The lowest BCUT2D eigenvalue weighted by Crippen LogP contribution is -2.43. The van der Waals surface area contributed by atoms with Crippen LogP contribution in [-0.2, 0) is 17.9 Å². The van der Waals surface area contributed by atoms with E-state index in [9.17, 15) is 0 Å². The van der Waals surface area contributed by atoms with Crippen molar-refractivity contribution in [3.05, 3.63) is 52.3 Å². The van der Waals surface area contributed by atoms with Gasteiger partial charge in [0.1, 0.15) is 11.3 Å². The number of hydrogen-bond acceptors (Lipinski definition) is 6. The van der Waals surface area contributed by atoms with Crippen LogP contribution in [0.5, 0.6) is 0 Å². The molecular weight excluding hydrogens is 480 g/mol. The molecule has 0 spiro atoms. The van der Waals surface area contributed by atoms with Gasteiger partial charge in [-0.05, 0) is 77.5 Å². The van der Waals surface area contributed by atoms with Crippen molar-refractivity contribution >= 4 is 32.9 Å². The van der Waals surface area contributed by atoms with Crippen molar-refractivity contribution in [3.63, 3.8) is 0 Å². The van der Waals surface area contributed by atoms with Gasteiger partial charge in [-0.1, -0.05) is 32.0 Å². The van der Waals surface area contributed by atoms with E-state index in [-0.39, 0.29) is 6.04 Å². The van der Waals surface area contributed by atoms with Crippen LogP contribution < -0.4 is 11.5 Å². The molecule has 1 unspecified atom stereocenters. The normalized spacial score (nSPS) is 16.6.